The van der Waals surface area contributed by atoms with E-state index in [0.717, 1.165) is 41.5 Å². The summed E-state index contributed by atoms with van der Waals surface area (Å²) in [7, 11) is 0. The molecule has 0 spiro atoms. The van der Waals surface area contributed by atoms with Crippen molar-refractivity contribution >= 4 is 34.1 Å². The van der Waals surface area contributed by atoms with Gasteiger partial charge in [-0.1, -0.05) is 35.3 Å². The van der Waals surface area contributed by atoms with Gasteiger partial charge in [-0.2, -0.15) is 0 Å². The molecule has 0 saturated heterocycles. The molecule has 3 rings (SSSR count). The van der Waals surface area contributed by atoms with Gasteiger partial charge in [0.25, 0.3) is 0 Å². The third-order valence-electron chi connectivity index (χ3n) is 3.97. The van der Waals surface area contributed by atoms with Crippen LogP contribution in [0.4, 0.5) is 4.39 Å². The number of H-pyrrole nitrogens is 1. The Morgan fingerprint density at radius 2 is 1.91 bits per heavy atom. The van der Waals surface area contributed by atoms with Crippen molar-refractivity contribution in [2.45, 2.75) is 19.3 Å². The molecule has 0 amide bonds. The van der Waals surface area contributed by atoms with Crippen molar-refractivity contribution in [2.75, 3.05) is 6.54 Å². The molecule has 120 valence electrons. The van der Waals surface area contributed by atoms with Crippen molar-refractivity contribution in [2.24, 2.45) is 5.73 Å². The standard InChI is InChI=1S/C18H17Cl2FN2/c19-11-7-8-14(15(20)10-11)17-12(4-1-2-9-22)13-5-3-6-16(21)18(13)23-17/h3,5-8,10,23H,1-2,4,9,22H2. The first-order valence-corrected chi connectivity index (χ1v) is 8.32. The lowest BCUT2D eigenvalue weighted by atomic mass is 10.00. The Bertz CT molecular complexity index is 842. The Morgan fingerprint density at radius 1 is 1.09 bits per heavy atom. The highest BCUT2D eigenvalue weighted by atomic mass is 35.5. The molecule has 23 heavy (non-hydrogen) atoms. The van der Waals surface area contributed by atoms with Crippen LogP contribution in [-0.4, -0.2) is 11.5 Å². The number of unbranched alkanes of at least 4 members (excludes halogenated alkanes) is 1. The van der Waals surface area contributed by atoms with Gasteiger partial charge in [0.05, 0.1) is 16.2 Å². The molecule has 0 saturated carbocycles. The van der Waals surface area contributed by atoms with Crippen molar-refractivity contribution in [1.82, 2.24) is 4.98 Å². The van der Waals surface area contributed by atoms with E-state index >= 15 is 0 Å². The molecule has 5 heteroatoms. The fourth-order valence-corrected chi connectivity index (χ4v) is 3.37. The molecule has 0 aliphatic carbocycles. The molecule has 0 atom stereocenters. The Labute approximate surface area is 144 Å². The minimum absolute atomic E-state index is 0.265. The zero-order chi connectivity index (χ0) is 16.4. The summed E-state index contributed by atoms with van der Waals surface area (Å²) >= 11 is 12.3. The third kappa shape index (κ3) is 3.23. The molecule has 3 N–H and O–H groups in total. The monoisotopic (exact) mass is 350 g/mol. The normalized spacial score (nSPS) is 11.3. The van der Waals surface area contributed by atoms with Crippen molar-refractivity contribution in [3.8, 4) is 11.3 Å². The molecule has 3 aromatic rings. The van der Waals surface area contributed by atoms with Crippen molar-refractivity contribution in [1.29, 1.82) is 0 Å². The first-order valence-electron chi connectivity index (χ1n) is 7.56. The van der Waals surface area contributed by atoms with Gasteiger partial charge in [-0.05, 0) is 55.6 Å². The maximum Gasteiger partial charge on any atom is 0.147 e. The Balaban J connectivity index is 2.17. The minimum atomic E-state index is -0.265. The van der Waals surface area contributed by atoms with Crippen LogP contribution in [-0.2, 0) is 6.42 Å². The molecule has 1 heterocycles. The number of nitrogens with two attached hydrogens (primary N) is 1. The average Bonchev–Trinajstić information content (AvgIpc) is 2.88. The number of fused-ring (bicyclic) bond motifs is 1. The summed E-state index contributed by atoms with van der Waals surface area (Å²) in [5.41, 5.74) is 8.85. The number of nitrogens with one attached hydrogen (secondary N) is 1. The van der Waals surface area contributed by atoms with Gasteiger partial charge < -0.3 is 10.7 Å². The van der Waals surface area contributed by atoms with Crippen LogP contribution in [0.1, 0.15) is 18.4 Å². The number of halogens is 3. The summed E-state index contributed by atoms with van der Waals surface area (Å²) < 4.78 is 14.1. The smallest absolute Gasteiger partial charge is 0.147 e. The molecular formula is C18H17Cl2FN2. The van der Waals surface area contributed by atoms with E-state index in [-0.39, 0.29) is 5.82 Å². The number of aromatic nitrogens is 1. The van der Waals surface area contributed by atoms with E-state index in [1.807, 2.05) is 12.1 Å². The number of aryl methyl sites for hydroxylation is 1. The maximum absolute atomic E-state index is 14.1. The molecule has 2 aromatic carbocycles. The lowest BCUT2D eigenvalue weighted by Gasteiger charge is -2.07. The van der Waals surface area contributed by atoms with Crippen molar-refractivity contribution < 1.29 is 4.39 Å². The summed E-state index contributed by atoms with van der Waals surface area (Å²) in [6.07, 6.45) is 2.68. The maximum atomic E-state index is 14.1. The van der Waals surface area contributed by atoms with Crippen LogP contribution >= 0.6 is 23.2 Å². The highest BCUT2D eigenvalue weighted by molar-refractivity contribution is 6.36. The van der Waals surface area contributed by atoms with E-state index in [0.29, 0.717) is 22.1 Å². The Kier molecular flexibility index (Phi) is 4.90. The van der Waals surface area contributed by atoms with E-state index in [2.05, 4.69) is 4.98 Å². The number of aromatic amines is 1. The van der Waals surface area contributed by atoms with Crippen LogP contribution in [0.5, 0.6) is 0 Å². The van der Waals surface area contributed by atoms with Gasteiger partial charge in [-0.15, -0.1) is 0 Å². The molecule has 0 aliphatic heterocycles. The van der Waals surface area contributed by atoms with E-state index in [1.165, 1.54) is 6.07 Å². The van der Waals surface area contributed by atoms with Gasteiger partial charge in [0.15, 0.2) is 0 Å². The fraction of sp³-hybridized carbons (Fsp3) is 0.222. The zero-order valence-electron chi connectivity index (χ0n) is 12.5. The van der Waals surface area contributed by atoms with Crippen molar-refractivity contribution in [3.05, 3.63) is 57.8 Å². The Morgan fingerprint density at radius 3 is 2.65 bits per heavy atom. The molecule has 0 aliphatic rings. The van der Waals surface area contributed by atoms with Crippen LogP contribution in [0, 0.1) is 5.82 Å². The molecule has 0 radical (unpaired) electrons. The van der Waals surface area contributed by atoms with Crippen molar-refractivity contribution in [3.63, 3.8) is 0 Å². The topological polar surface area (TPSA) is 41.8 Å². The molecule has 2 nitrogen and oxygen atoms in total. The highest BCUT2D eigenvalue weighted by Crippen LogP contribution is 2.37. The molecule has 0 fully saturated rings. The molecule has 0 bridgehead atoms. The predicted octanol–water partition coefficient (Wildman–Crippen LogP) is 5.56. The van der Waals surface area contributed by atoms with Crippen LogP contribution in [0.2, 0.25) is 10.0 Å². The number of hydrogen-bond acceptors (Lipinski definition) is 1. The van der Waals surface area contributed by atoms with E-state index < -0.39 is 0 Å². The van der Waals surface area contributed by atoms with Gasteiger partial charge in [-0.25, -0.2) is 4.39 Å². The predicted molar refractivity (Wildman–Crippen MR) is 95.7 cm³/mol. The van der Waals surface area contributed by atoms with Gasteiger partial charge in [-0.3, -0.25) is 0 Å². The second-order valence-corrected chi connectivity index (χ2v) is 6.35. The minimum Gasteiger partial charge on any atom is -0.352 e. The summed E-state index contributed by atoms with van der Waals surface area (Å²) in [5, 5.41) is 2.01. The molecule has 0 unspecified atom stereocenters. The second kappa shape index (κ2) is 6.91. The van der Waals surface area contributed by atoms with Gasteiger partial charge in [0.1, 0.15) is 5.82 Å². The lowest BCUT2D eigenvalue weighted by molar-refractivity contribution is 0.637. The summed E-state index contributed by atoms with van der Waals surface area (Å²) in [6.45, 7) is 0.647. The highest BCUT2D eigenvalue weighted by Gasteiger charge is 2.17. The van der Waals surface area contributed by atoms with E-state index in [1.54, 1.807) is 18.2 Å². The van der Waals surface area contributed by atoms with E-state index in [4.69, 9.17) is 28.9 Å². The van der Waals surface area contributed by atoms with Crippen LogP contribution in [0.25, 0.3) is 22.2 Å². The first-order chi connectivity index (χ1) is 11.1. The third-order valence-corrected chi connectivity index (χ3v) is 4.52. The number of benzene rings is 2. The zero-order valence-corrected chi connectivity index (χ0v) is 14.0. The number of para-hydroxylation sites is 1. The summed E-state index contributed by atoms with van der Waals surface area (Å²) in [4.78, 5) is 3.20. The van der Waals surface area contributed by atoms with Crippen LogP contribution < -0.4 is 5.73 Å². The van der Waals surface area contributed by atoms with E-state index in [9.17, 15) is 4.39 Å². The lowest BCUT2D eigenvalue weighted by Crippen LogP contribution is -1.99. The summed E-state index contributed by atoms with van der Waals surface area (Å²) in [6, 6.07) is 10.5. The number of hydrogen-bond donors (Lipinski definition) is 2. The van der Waals surface area contributed by atoms with Gasteiger partial charge in [0, 0.05) is 16.0 Å². The summed E-state index contributed by atoms with van der Waals surface area (Å²) in [5.74, 6) is -0.265. The van der Waals surface area contributed by atoms with Crippen LogP contribution in [0.3, 0.4) is 0 Å². The average molecular weight is 351 g/mol. The quantitative estimate of drug-likeness (QED) is 0.581. The fourth-order valence-electron chi connectivity index (χ4n) is 2.87. The molecular weight excluding hydrogens is 334 g/mol. The largest absolute Gasteiger partial charge is 0.352 e. The first kappa shape index (κ1) is 16.3. The van der Waals surface area contributed by atoms with Gasteiger partial charge in [0.2, 0.25) is 0 Å². The SMILES string of the molecule is NCCCCc1c(-c2ccc(Cl)cc2Cl)[nH]c2c(F)cccc12. The second-order valence-electron chi connectivity index (χ2n) is 5.51. The Hall–Kier alpha value is -1.55. The molecule has 1 aromatic heterocycles. The van der Waals surface area contributed by atoms with Crippen LogP contribution in [0.15, 0.2) is 36.4 Å². The van der Waals surface area contributed by atoms with Gasteiger partial charge >= 0.3 is 0 Å². The number of rotatable bonds is 5.